The Morgan fingerprint density at radius 1 is 1.21 bits per heavy atom. The van der Waals surface area contributed by atoms with Crippen molar-refractivity contribution >= 4 is 23.2 Å². The Morgan fingerprint density at radius 2 is 2.05 bits per heavy atom. The molecule has 1 aliphatic rings. The maximum atomic E-state index is 5.82. The Kier molecular flexibility index (Phi) is 4.67. The van der Waals surface area contributed by atoms with E-state index in [4.69, 9.17) is 4.74 Å². The first-order valence-corrected chi connectivity index (χ1v) is 6.78. The third kappa shape index (κ3) is 2.70. The van der Waals surface area contributed by atoms with Gasteiger partial charge < -0.3 is 10.1 Å². The molecule has 1 aliphatic heterocycles. The van der Waals surface area contributed by atoms with Crippen LogP contribution in [0.5, 0.6) is 5.75 Å². The molecule has 0 bridgehead atoms. The van der Waals surface area contributed by atoms with Gasteiger partial charge in [0.25, 0.3) is 0 Å². The molecule has 1 saturated heterocycles. The molecule has 0 amide bonds. The van der Waals surface area contributed by atoms with Crippen LogP contribution >= 0.6 is 12.4 Å². The van der Waals surface area contributed by atoms with Crippen molar-refractivity contribution in [3.8, 4) is 5.75 Å². The normalized spacial score (nSPS) is 18.3. The van der Waals surface area contributed by atoms with Gasteiger partial charge in [-0.2, -0.15) is 0 Å². The molecule has 1 N–H and O–H groups in total. The molecule has 3 rings (SSSR count). The lowest BCUT2D eigenvalue weighted by molar-refractivity contribution is 0.334. The molecule has 3 heteroatoms. The summed E-state index contributed by atoms with van der Waals surface area (Å²) >= 11 is 0. The Labute approximate surface area is 120 Å². The molecule has 19 heavy (non-hydrogen) atoms. The summed E-state index contributed by atoms with van der Waals surface area (Å²) in [5.41, 5.74) is 1.34. The van der Waals surface area contributed by atoms with Gasteiger partial charge in [0.05, 0.1) is 6.61 Å². The minimum atomic E-state index is 0. The smallest absolute Gasteiger partial charge is 0.124 e. The van der Waals surface area contributed by atoms with Crippen LogP contribution in [-0.2, 0) is 0 Å². The van der Waals surface area contributed by atoms with Crippen LogP contribution in [-0.4, -0.2) is 13.2 Å². The molecule has 0 spiro atoms. The maximum absolute atomic E-state index is 5.82. The monoisotopic (exact) mass is 277 g/mol. The molecule has 0 aromatic heterocycles. The molecule has 1 atom stereocenters. The van der Waals surface area contributed by atoms with E-state index >= 15 is 0 Å². The van der Waals surface area contributed by atoms with Gasteiger partial charge in [-0.05, 0) is 43.1 Å². The molecule has 0 unspecified atom stereocenters. The number of hydrogen-bond donors (Lipinski definition) is 1. The fourth-order valence-electron chi connectivity index (χ4n) is 2.85. The van der Waals surface area contributed by atoms with Crippen molar-refractivity contribution < 1.29 is 4.74 Å². The van der Waals surface area contributed by atoms with Crippen LogP contribution in [0.4, 0.5) is 0 Å². The second-order valence-corrected chi connectivity index (χ2v) is 4.78. The third-order valence-corrected chi connectivity index (χ3v) is 3.64. The summed E-state index contributed by atoms with van der Waals surface area (Å²) in [6.07, 6.45) is 2.45. The summed E-state index contributed by atoms with van der Waals surface area (Å²) in [6.45, 7) is 3.87. The molecule has 0 radical (unpaired) electrons. The Balaban J connectivity index is 0.00000133. The SMILES string of the molecule is CCOc1ccc2ccccc2c1[C@@H]1CCCN1.Cl. The summed E-state index contributed by atoms with van der Waals surface area (Å²) in [4.78, 5) is 0. The van der Waals surface area contributed by atoms with E-state index in [-0.39, 0.29) is 12.4 Å². The first-order valence-electron chi connectivity index (χ1n) is 6.78. The number of halogens is 1. The quantitative estimate of drug-likeness (QED) is 0.913. The van der Waals surface area contributed by atoms with Crippen molar-refractivity contribution in [2.24, 2.45) is 0 Å². The predicted molar refractivity (Wildman–Crippen MR) is 82.3 cm³/mol. The first kappa shape index (κ1) is 14.2. The number of rotatable bonds is 3. The van der Waals surface area contributed by atoms with Crippen molar-refractivity contribution in [2.45, 2.75) is 25.8 Å². The molecule has 2 aromatic rings. The van der Waals surface area contributed by atoms with Crippen LogP contribution in [0.2, 0.25) is 0 Å². The lowest BCUT2D eigenvalue weighted by Crippen LogP contribution is -2.14. The van der Waals surface area contributed by atoms with E-state index in [0.29, 0.717) is 6.04 Å². The molecule has 2 aromatic carbocycles. The van der Waals surface area contributed by atoms with Crippen LogP contribution in [0, 0.1) is 0 Å². The first-order chi connectivity index (χ1) is 8.90. The van der Waals surface area contributed by atoms with Gasteiger partial charge in [0, 0.05) is 11.6 Å². The van der Waals surface area contributed by atoms with Gasteiger partial charge in [-0.1, -0.05) is 30.3 Å². The summed E-state index contributed by atoms with van der Waals surface area (Å²) in [5.74, 6) is 1.04. The molecule has 2 nitrogen and oxygen atoms in total. The minimum Gasteiger partial charge on any atom is -0.494 e. The predicted octanol–water partition coefficient (Wildman–Crippen LogP) is 4.08. The van der Waals surface area contributed by atoms with Crippen LogP contribution < -0.4 is 10.1 Å². The third-order valence-electron chi connectivity index (χ3n) is 3.64. The van der Waals surface area contributed by atoms with Gasteiger partial charge in [-0.3, -0.25) is 0 Å². The van der Waals surface area contributed by atoms with Crippen LogP contribution in [0.15, 0.2) is 36.4 Å². The molecular formula is C16H20ClNO. The van der Waals surface area contributed by atoms with Gasteiger partial charge in [0.2, 0.25) is 0 Å². The molecule has 1 heterocycles. The average molecular weight is 278 g/mol. The standard InChI is InChI=1S/C16H19NO.ClH/c1-2-18-15-10-9-12-6-3-4-7-13(12)16(15)14-8-5-11-17-14;/h3-4,6-7,9-10,14,17H,2,5,8,11H2,1H3;1H/t14-;/m0./s1. The number of nitrogens with one attached hydrogen (secondary N) is 1. The van der Waals surface area contributed by atoms with Crippen molar-refractivity contribution in [3.63, 3.8) is 0 Å². The van der Waals surface area contributed by atoms with Crippen molar-refractivity contribution in [3.05, 3.63) is 42.0 Å². The molecule has 0 saturated carbocycles. The van der Waals surface area contributed by atoms with E-state index in [1.165, 1.54) is 29.2 Å². The minimum absolute atomic E-state index is 0. The van der Waals surface area contributed by atoms with Crippen LogP contribution in [0.3, 0.4) is 0 Å². The highest BCUT2D eigenvalue weighted by Gasteiger charge is 2.22. The fourth-order valence-corrected chi connectivity index (χ4v) is 2.85. The van der Waals surface area contributed by atoms with Crippen LogP contribution in [0.1, 0.15) is 31.4 Å². The molecular weight excluding hydrogens is 258 g/mol. The summed E-state index contributed by atoms with van der Waals surface area (Å²) in [6, 6.07) is 13.3. The average Bonchev–Trinajstić information content (AvgIpc) is 2.92. The van der Waals surface area contributed by atoms with E-state index in [0.717, 1.165) is 18.9 Å². The Morgan fingerprint density at radius 3 is 2.79 bits per heavy atom. The highest BCUT2D eigenvalue weighted by molar-refractivity contribution is 5.88. The van der Waals surface area contributed by atoms with Crippen molar-refractivity contribution in [1.82, 2.24) is 5.32 Å². The second kappa shape index (κ2) is 6.27. The summed E-state index contributed by atoms with van der Waals surface area (Å²) < 4.78 is 5.82. The lowest BCUT2D eigenvalue weighted by atomic mass is 9.96. The highest BCUT2D eigenvalue weighted by Crippen LogP contribution is 2.36. The number of hydrogen-bond acceptors (Lipinski definition) is 2. The van der Waals surface area contributed by atoms with E-state index in [1.54, 1.807) is 0 Å². The van der Waals surface area contributed by atoms with Crippen LogP contribution in [0.25, 0.3) is 10.8 Å². The number of ether oxygens (including phenoxy) is 1. The largest absolute Gasteiger partial charge is 0.494 e. The number of benzene rings is 2. The van der Waals surface area contributed by atoms with E-state index in [2.05, 4.69) is 41.7 Å². The maximum Gasteiger partial charge on any atom is 0.124 e. The molecule has 1 fully saturated rings. The fraction of sp³-hybridized carbons (Fsp3) is 0.375. The second-order valence-electron chi connectivity index (χ2n) is 4.78. The van der Waals surface area contributed by atoms with Gasteiger partial charge in [0.1, 0.15) is 5.75 Å². The van der Waals surface area contributed by atoms with E-state index in [1.807, 2.05) is 6.92 Å². The number of fused-ring (bicyclic) bond motifs is 1. The lowest BCUT2D eigenvalue weighted by Gasteiger charge is -2.18. The zero-order valence-electron chi connectivity index (χ0n) is 11.2. The highest BCUT2D eigenvalue weighted by atomic mass is 35.5. The topological polar surface area (TPSA) is 21.3 Å². The van der Waals surface area contributed by atoms with E-state index < -0.39 is 0 Å². The zero-order chi connectivity index (χ0) is 12.4. The van der Waals surface area contributed by atoms with Gasteiger partial charge in [-0.15, -0.1) is 12.4 Å². The Bertz CT molecular complexity index is 549. The molecule has 102 valence electrons. The zero-order valence-corrected chi connectivity index (χ0v) is 12.0. The van der Waals surface area contributed by atoms with Crippen molar-refractivity contribution in [2.75, 3.05) is 13.2 Å². The van der Waals surface area contributed by atoms with Gasteiger partial charge >= 0.3 is 0 Å². The van der Waals surface area contributed by atoms with Gasteiger partial charge in [0.15, 0.2) is 0 Å². The van der Waals surface area contributed by atoms with Gasteiger partial charge in [-0.25, -0.2) is 0 Å². The van der Waals surface area contributed by atoms with E-state index in [9.17, 15) is 0 Å². The Hall–Kier alpha value is -1.25. The summed E-state index contributed by atoms with van der Waals surface area (Å²) in [7, 11) is 0. The molecule has 0 aliphatic carbocycles. The van der Waals surface area contributed by atoms with Crippen molar-refractivity contribution in [1.29, 1.82) is 0 Å². The summed E-state index contributed by atoms with van der Waals surface area (Å²) in [5, 5.41) is 6.20.